The molecule has 0 aliphatic carbocycles. The molecule has 0 aliphatic rings. The van der Waals surface area contributed by atoms with Gasteiger partial charge in [0.1, 0.15) is 23.5 Å². The van der Waals surface area contributed by atoms with Crippen LogP contribution in [0.2, 0.25) is 0 Å². The third-order valence-corrected chi connectivity index (χ3v) is 6.21. The number of nitrogens with zero attached hydrogens (tertiary/aromatic N) is 8. The summed E-state index contributed by atoms with van der Waals surface area (Å²) in [5.41, 5.74) is 3.54. The molecule has 5 rings (SSSR count). The number of rotatable bonds is 3. The average molecular weight is 429 g/mol. The van der Waals surface area contributed by atoms with Gasteiger partial charge in [-0.15, -0.1) is 16.4 Å². The molecule has 26 heavy (non-hydrogen) atoms. The van der Waals surface area contributed by atoms with Crippen LogP contribution in [0.1, 0.15) is 11.4 Å². The Balaban J connectivity index is 1.51. The molecule has 130 valence electrons. The first kappa shape index (κ1) is 15.6. The molecule has 0 aromatic carbocycles. The van der Waals surface area contributed by atoms with Gasteiger partial charge in [0.25, 0.3) is 0 Å². The van der Waals surface area contributed by atoms with Crippen molar-refractivity contribution in [2.75, 3.05) is 0 Å². The molecular weight excluding hydrogens is 416 g/mol. The maximum Gasteiger partial charge on any atom is 0.202 e. The molecule has 0 radical (unpaired) electrons. The fourth-order valence-electron chi connectivity index (χ4n) is 2.88. The number of thiophene rings is 1. The Bertz CT molecular complexity index is 1260. The lowest BCUT2D eigenvalue weighted by atomic mass is 10.4. The van der Waals surface area contributed by atoms with Crippen LogP contribution < -0.4 is 0 Å². The highest BCUT2D eigenvalue weighted by molar-refractivity contribution is 9.10. The molecular formula is C16H13BrN8S. The van der Waals surface area contributed by atoms with Gasteiger partial charge in [0.15, 0.2) is 5.65 Å². The van der Waals surface area contributed by atoms with Crippen molar-refractivity contribution in [2.45, 2.75) is 20.5 Å². The summed E-state index contributed by atoms with van der Waals surface area (Å²) >= 11 is 5.14. The lowest BCUT2D eigenvalue weighted by molar-refractivity contribution is 0.492. The van der Waals surface area contributed by atoms with Crippen LogP contribution in [0.4, 0.5) is 0 Å². The number of hydrogen-bond acceptors (Lipinski definition) is 6. The Morgan fingerprint density at radius 3 is 2.85 bits per heavy atom. The Kier molecular flexibility index (Phi) is 3.44. The van der Waals surface area contributed by atoms with Gasteiger partial charge in [-0.2, -0.15) is 10.2 Å². The summed E-state index contributed by atoms with van der Waals surface area (Å²) < 4.78 is 6.46. The van der Waals surface area contributed by atoms with E-state index in [0.29, 0.717) is 12.5 Å². The quantitative estimate of drug-likeness (QED) is 0.440. The van der Waals surface area contributed by atoms with Gasteiger partial charge in [0, 0.05) is 6.20 Å². The van der Waals surface area contributed by atoms with E-state index in [1.54, 1.807) is 22.2 Å². The molecule has 0 aliphatic heterocycles. The number of hydrogen-bond donors (Lipinski definition) is 0. The van der Waals surface area contributed by atoms with Gasteiger partial charge in [0.05, 0.1) is 21.2 Å². The van der Waals surface area contributed by atoms with E-state index in [-0.39, 0.29) is 0 Å². The summed E-state index contributed by atoms with van der Waals surface area (Å²) in [7, 11) is 0. The van der Waals surface area contributed by atoms with Crippen molar-refractivity contribution in [3.8, 4) is 11.5 Å². The van der Waals surface area contributed by atoms with E-state index in [2.05, 4.69) is 41.2 Å². The highest BCUT2D eigenvalue weighted by atomic mass is 79.9. The summed E-state index contributed by atoms with van der Waals surface area (Å²) in [6, 6.07) is 3.92. The Labute approximate surface area is 160 Å². The smallest absolute Gasteiger partial charge is 0.202 e. The normalized spacial score (nSPS) is 11.8. The molecule has 0 saturated heterocycles. The predicted octanol–water partition coefficient (Wildman–Crippen LogP) is 3.28. The van der Waals surface area contributed by atoms with Crippen LogP contribution in [0.3, 0.4) is 0 Å². The van der Waals surface area contributed by atoms with Gasteiger partial charge >= 0.3 is 0 Å². The summed E-state index contributed by atoms with van der Waals surface area (Å²) in [6.07, 6.45) is 3.60. The molecule has 0 N–H and O–H groups in total. The summed E-state index contributed by atoms with van der Waals surface area (Å²) in [6.45, 7) is 4.53. The summed E-state index contributed by atoms with van der Waals surface area (Å²) in [5.74, 6) is 0.582. The monoisotopic (exact) mass is 428 g/mol. The molecule has 5 aromatic rings. The lowest BCUT2D eigenvalue weighted by Gasteiger charge is -2.04. The van der Waals surface area contributed by atoms with Gasteiger partial charge in [-0.1, -0.05) is 0 Å². The molecule has 0 bridgehead atoms. The second-order valence-corrected chi connectivity index (χ2v) is 7.64. The number of halogens is 1. The zero-order valence-corrected chi connectivity index (χ0v) is 16.4. The van der Waals surface area contributed by atoms with E-state index in [1.807, 2.05) is 46.9 Å². The van der Waals surface area contributed by atoms with Crippen molar-refractivity contribution in [1.29, 1.82) is 0 Å². The van der Waals surface area contributed by atoms with Crippen molar-refractivity contribution in [2.24, 2.45) is 0 Å². The fraction of sp³-hybridized carbons (Fsp3) is 0.188. The summed E-state index contributed by atoms with van der Waals surface area (Å²) in [4.78, 5) is 10.0. The molecule has 0 unspecified atom stereocenters. The van der Waals surface area contributed by atoms with Crippen LogP contribution in [0, 0.1) is 13.8 Å². The molecule has 0 amide bonds. The minimum absolute atomic E-state index is 0.530. The maximum atomic E-state index is 4.65. The van der Waals surface area contributed by atoms with Crippen molar-refractivity contribution < 1.29 is 0 Å². The molecule has 0 atom stereocenters. The fourth-order valence-corrected chi connectivity index (χ4v) is 3.90. The molecule has 0 saturated carbocycles. The molecule has 0 fully saturated rings. The number of fused-ring (bicyclic) bond motifs is 3. The lowest BCUT2D eigenvalue weighted by Crippen LogP contribution is -2.11. The standard InChI is InChI=1S/C16H13BrN8S/c1-9-13(17)10(2)25(20-9)8-23-5-3-12(21-23)14-19-15-11-4-6-26-16(11)18-7-24(15)22-14/h3-7H,8H2,1-2H3. The van der Waals surface area contributed by atoms with Crippen molar-refractivity contribution >= 4 is 43.1 Å². The first-order valence-electron chi connectivity index (χ1n) is 7.92. The average Bonchev–Trinajstić information content (AvgIpc) is 3.38. The first-order valence-corrected chi connectivity index (χ1v) is 9.59. The zero-order valence-electron chi connectivity index (χ0n) is 14.0. The number of aromatic nitrogens is 8. The third kappa shape index (κ3) is 2.36. The van der Waals surface area contributed by atoms with Crippen LogP contribution in [-0.2, 0) is 6.67 Å². The first-order chi connectivity index (χ1) is 12.6. The highest BCUT2D eigenvalue weighted by Gasteiger charge is 2.14. The van der Waals surface area contributed by atoms with Crippen LogP contribution in [0.15, 0.2) is 34.5 Å². The van der Waals surface area contributed by atoms with Crippen LogP contribution in [-0.4, -0.2) is 39.1 Å². The Morgan fingerprint density at radius 2 is 2.04 bits per heavy atom. The van der Waals surface area contributed by atoms with Gasteiger partial charge in [-0.25, -0.2) is 19.2 Å². The van der Waals surface area contributed by atoms with Crippen LogP contribution in [0.25, 0.3) is 27.4 Å². The summed E-state index contributed by atoms with van der Waals surface area (Å²) in [5, 5.41) is 16.6. The van der Waals surface area contributed by atoms with E-state index >= 15 is 0 Å². The molecule has 0 spiro atoms. The van der Waals surface area contributed by atoms with E-state index in [1.165, 1.54) is 0 Å². The van der Waals surface area contributed by atoms with Gasteiger partial charge in [-0.05, 0) is 47.3 Å². The molecule has 5 aromatic heterocycles. The minimum atomic E-state index is 0.530. The minimum Gasteiger partial charge on any atom is -0.250 e. The van der Waals surface area contributed by atoms with Gasteiger partial charge in [0.2, 0.25) is 5.82 Å². The zero-order chi connectivity index (χ0) is 17.8. The predicted molar refractivity (Wildman–Crippen MR) is 102 cm³/mol. The highest BCUT2D eigenvalue weighted by Crippen LogP contribution is 2.24. The van der Waals surface area contributed by atoms with Crippen LogP contribution >= 0.6 is 27.3 Å². The van der Waals surface area contributed by atoms with E-state index in [9.17, 15) is 0 Å². The second kappa shape index (κ2) is 5.71. The van der Waals surface area contributed by atoms with Gasteiger partial charge < -0.3 is 0 Å². The topological polar surface area (TPSA) is 78.7 Å². The Hall–Kier alpha value is -2.59. The SMILES string of the molecule is Cc1nn(Cn2ccc(-c3nc4c5ccsc5ncn4n3)n2)c(C)c1Br. The van der Waals surface area contributed by atoms with Gasteiger partial charge in [-0.3, -0.25) is 4.68 Å². The van der Waals surface area contributed by atoms with E-state index in [0.717, 1.165) is 37.4 Å². The number of aryl methyl sites for hydroxylation is 1. The largest absolute Gasteiger partial charge is 0.250 e. The molecule has 5 heterocycles. The van der Waals surface area contributed by atoms with Crippen molar-refractivity contribution in [1.82, 2.24) is 39.1 Å². The Morgan fingerprint density at radius 1 is 1.15 bits per heavy atom. The molecule has 10 heteroatoms. The maximum absolute atomic E-state index is 4.65. The molecule has 8 nitrogen and oxygen atoms in total. The van der Waals surface area contributed by atoms with E-state index < -0.39 is 0 Å². The van der Waals surface area contributed by atoms with Crippen molar-refractivity contribution in [3.63, 3.8) is 0 Å². The third-order valence-electron chi connectivity index (χ3n) is 4.24. The second-order valence-electron chi connectivity index (χ2n) is 5.95. The van der Waals surface area contributed by atoms with E-state index in [4.69, 9.17) is 0 Å². The van der Waals surface area contributed by atoms with Crippen molar-refractivity contribution in [3.05, 3.63) is 45.9 Å². The van der Waals surface area contributed by atoms with Crippen LogP contribution in [0.5, 0.6) is 0 Å².